The van der Waals surface area contributed by atoms with Gasteiger partial charge in [-0.2, -0.15) is 5.26 Å². The van der Waals surface area contributed by atoms with E-state index in [0.717, 1.165) is 12.2 Å². The zero-order chi connectivity index (χ0) is 9.78. The van der Waals surface area contributed by atoms with Crippen LogP contribution >= 0.6 is 11.8 Å². The number of nitrogens with zero attached hydrogens (tertiary/aromatic N) is 1. The smallest absolute Gasteiger partial charge is 0.133 e. The van der Waals surface area contributed by atoms with Crippen molar-refractivity contribution in [2.45, 2.75) is 51.4 Å². The van der Waals surface area contributed by atoms with Gasteiger partial charge >= 0.3 is 0 Å². The molecule has 0 bridgehead atoms. The molecule has 2 heteroatoms. The van der Waals surface area contributed by atoms with Gasteiger partial charge in [-0.3, -0.25) is 0 Å². The van der Waals surface area contributed by atoms with Crippen LogP contribution in [0.25, 0.3) is 0 Å². The van der Waals surface area contributed by atoms with Gasteiger partial charge in [-0.15, -0.1) is 0 Å². The minimum absolute atomic E-state index is 1.01. The van der Waals surface area contributed by atoms with Crippen LogP contribution in [0.15, 0.2) is 0 Å². The van der Waals surface area contributed by atoms with E-state index in [1.165, 1.54) is 56.7 Å². The third-order valence-electron chi connectivity index (χ3n) is 2.06. The normalized spacial score (nSPS) is 9.85. The molecule has 0 aliphatic rings. The van der Waals surface area contributed by atoms with Gasteiger partial charge in [0.05, 0.1) is 0 Å². The molecule has 0 saturated heterocycles. The number of nitriles is 1. The van der Waals surface area contributed by atoms with Gasteiger partial charge in [0.1, 0.15) is 5.40 Å². The molecule has 1 nitrogen and oxygen atoms in total. The van der Waals surface area contributed by atoms with Gasteiger partial charge in [0.25, 0.3) is 0 Å². The molecule has 0 heterocycles. The highest BCUT2D eigenvalue weighted by Gasteiger charge is 1.91. The van der Waals surface area contributed by atoms with Crippen molar-refractivity contribution in [3.8, 4) is 5.40 Å². The minimum atomic E-state index is 1.01. The SMILES string of the molecule is [CH2]CCCCCCCCCSC#N. The average Bonchev–Trinajstić information content (AvgIpc) is 2.16. The van der Waals surface area contributed by atoms with Crippen LogP contribution in [-0.4, -0.2) is 5.75 Å². The standard InChI is InChI=1S/C11H20NS/c1-2-3-4-5-6-7-8-9-10-13-11-12/h1-10H2. The number of unbranched alkanes of at least 4 members (excludes halogenated alkanes) is 7. The lowest BCUT2D eigenvalue weighted by Gasteiger charge is -1.99. The molecule has 0 saturated carbocycles. The van der Waals surface area contributed by atoms with Gasteiger partial charge in [0.15, 0.2) is 0 Å². The summed E-state index contributed by atoms with van der Waals surface area (Å²) in [6.45, 7) is 3.82. The van der Waals surface area contributed by atoms with Crippen LogP contribution in [0.3, 0.4) is 0 Å². The molecule has 0 aromatic rings. The van der Waals surface area contributed by atoms with E-state index in [0.29, 0.717) is 0 Å². The molecule has 75 valence electrons. The predicted octanol–water partition coefficient (Wildman–Crippen LogP) is 4.16. The fraction of sp³-hybridized carbons (Fsp3) is 0.818. The van der Waals surface area contributed by atoms with Crippen molar-refractivity contribution >= 4 is 11.8 Å². The van der Waals surface area contributed by atoms with E-state index in [1.807, 2.05) is 0 Å². The van der Waals surface area contributed by atoms with Crippen molar-refractivity contribution in [1.82, 2.24) is 0 Å². The lowest BCUT2D eigenvalue weighted by atomic mass is 10.1. The van der Waals surface area contributed by atoms with Gasteiger partial charge in [0.2, 0.25) is 0 Å². The molecular formula is C11H20NS. The largest absolute Gasteiger partial charge is 0.185 e. The molecule has 0 aromatic carbocycles. The highest BCUT2D eigenvalue weighted by Crippen LogP contribution is 2.10. The molecule has 0 aliphatic heterocycles. The first-order chi connectivity index (χ1) is 6.41. The summed E-state index contributed by atoms with van der Waals surface area (Å²) in [5.74, 6) is 1.01. The number of hydrogen-bond acceptors (Lipinski definition) is 2. The van der Waals surface area contributed by atoms with Crippen LogP contribution in [0.5, 0.6) is 0 Å². The summed E-state index contributed by atoms with van der Waals surface area (Å²) >= 11 is 1.38. The molecular weight excluding hydrogens is 178 g/mol. The monoisotopic (exact) mass is 198 g/mol. The molecule has 0 amide bonds. The number of rotatable bonds is 9. The quantitative estimate of drug-likeness (QED) is 0.410. The summed E-state index contributed by atoms with van der Waals surface area (Å²) in [5, 5.41) is 10.4. The Labute approximate surface area is 86.9 Å². The first-order valence-corrected chi connectivity index (χ1v) is 6.20. The molecule has 0 aromatic heterocycles. The molecule has 0 aliphatic carbocycles. The van der Waals surface area contributed by atoms with E-state index < -0.39 is 0 Å². The molecule has 0 N–H and O–H groups in total. The van der Waals surface area contributed by atoms with Crippen molar-refractivity contribution in [2.24, 2.45) is 0 Å². The molecule has 0 spiro atoms. The van der Waals surface area contributed by atoms with E-state index in [4.69, 9.17) is 5.26 Å². The van der Waals surface area contributed by atoms with Crippen molar-refractivity contribution in [3.63, 3.8) is 0 Å². The number of thiocyanates is 1. The third-order valence-corrected chi connectivity index (χ3v) is 2.68. The lowest BCUT2D eigenvalue weighted by molar-refractivity contribution is 0.593. The second kappa shape index (κ2) is 11.8. The second-order valence-corrected chi connectivity index (χ2v) is 4.15. The van der Waals surface area contributed by atoms with Crippen LogP contribution in [-0.2, 0) is 0 Å². The summed E-state index contributed by atoms with van der Waals surface area (Å²) in [5.41, 5.74) is 0. The summed E-state index contributed by atoms with van der Waals surface area (Å²) in [6, 6.07) is 0. The second-order valence-electron chi connectivity index (χ2n) is 3.27. The Morgan fingerprint density at radius 2 is 1.46 bits per heavy atom. The van der Waals surface area contributed by atoms with E-state index in [-0.39, 0.29) is 0 Å². The van der Waals surface area contributed by atoms with Crippen LogP contribution in [0.4, 0.5) is 0 Å². The molecule has 1 radical (unpaired) electrons. The first-order valence-electron chi connectivity index (χ1n) is 5.22. The van der Waals surface area contributed by atoms with Crippen LogP contribution in [0.2, 0.25) is 0 Å². The van der Waals surface area contributed by atoms with E-state index >= 15 is 0 Å². The Kier molecular flexibility index (Phi) is 11.7. The van der Waals surface area contributed by atoms with Crippen LogP contribution in [0.1, 0.15) is 51.4 Å². The molecule has 0 unspecified atom stereocenters. The zero-order valence-corrected chi connectivity index (χ0v) is 9.24. The lowest BCUT2D eigenvalue weighted by Crippen LogP contribution is -1.82. The molecule has 13 heavy (non-hydrogen) atoms. The maximum absolute atomic E-state index is 8.27. The topological polar surface area (TPSA) is 23.8 Å². The fourth-order valence-corrected chi connectivity index (χ4v) is 1.72. The van der Waals surface area contributed by atoms with Gasteiger partial charge in [-0.25, -0.2) is 0 Å². The fourth-order valence-electron chi connectivity index (χ4n) is 1.28. The Bertz CT molecular complexity index is 129. The van der Waals surface area contributed by atoms with Gasteiger partial charge in [-0.1, -0.05) is 51.9 Å². The maximum Gasteiger partial charge on any atom is 0.133 e. The first kappa shape index (κ1) is 12.8. The Balaban J connectivity index is 2.80. The highest BCUT2D eigenvalue weighted by molar-refractivity contribution is 8.03. The summed E-state index contributed by atoms with van der Waals surface area (Å²) < 4.78 is 0. The van der Waals surface area contributed by atoms with Crippen LogP contribution in [0, 0.1) is 17.6 Å². The van der Waals surface area contributed by atoms with Crippen molar-refractivity contribution in [1.29, 1.82) is 5.26 Å². The van der Waals surface area contributed by atoms with E-state index in [1.54, 1.807) is 0 Å². The highest BCUT2D eigenvalue weighted by atomic mass is 32.2. The minimum Gasteiger partial charge on any atom is -0.185 e. The van der Waals surface area contributed by atoms with E-state index in [9.17, 15) is 0 Å². The number of hydrogen-bond donors (Lipinski definition) is 0. The average molecular weight is 198 g/mol. The van der Waals surface area contributed by atoms with Gasteiger partial charge < -0.3 is 0 Å². The predicted molar refractivity (Wildman–Crippen MR) is 60.4 cm³/mol. The third kappa shape index (κ3) is 11.8. The molecule has 0 fully saturated rings. The van der Waals surface area contributed by atoms with Gasteiger partial charge in [0, 0.05) is 5.75 Å². The van der Waals surface area contributed by atoms with Crippen molar-refractivity contribution in [3.05, 3.63) is 6.92 Å². The van der Waals surface area contributed by atoms with E-state index in [2.05, 4.69) is 12.3 Å². The van der Waals surface area contributed by atoms with Crippen LogP contribution < -0.4 is 0 Å². The maximum atomic E-state index is 8.27. The Morgan fingerprint density at radius 1 is 0.923 bits per heavy atom. The Hall–Kier alpha value is -0.160. The van der Waals surface area contributed by atoms with Crippen molar-refractivity contribution in [2.75, 3.05) is 5.75 Å². The zero-order valence-electron chi connectivity index (χ0n) is 8.43. The summed E-state index contributed by atoms with van der Waals surface area (Å²) in [6.07, 6.45) is 10.3. The molecule has 0 rings (SSSR count). The van der Waals surface area contributed by atoms with Crippen molar-refractivity contribution < 1.29 is 0 Å². The Morgan fingerprint density at radius 3 is 2.00 bits per heavy atom. The van der Waals surface area contributed by atoms with Gasteiger partial charge in [-0.05, 0) is 18.2 Å². The summed E-state index contributed by atoms with van der Waals surface area (Å²) in [7, 11) is 0. The number of thioether (sulfide) groups is 1. The molecule has 0 atom stereocenters. The summed E-state index contributed by atoms with van der Waals surface area (Å²) in [4.78, 5) is 0.